The summed E-state index contributed by atoms with van der Waals surface area (Å²) in [6, 6.07) is 9.40. The van der Waals surface area contributed by atoms with Crippen molar-refractivity contribution in [1.82, 2.24) is 15.2 Å². The highest BCUT2D eigenvalue weighted by atomic mass is 32.2. The summed E-state index contributed by atoms with van der Waals surface area (Å²) in [5.74, 6) is -1.12. The molecule has 0 unspecified atom stereocenters. The van der Waals surface area contributed by atoms with Crippen LogP contribution in [-0.4, -0.2) is 50.8 Å². The van der Waals surface area contributed by atoms with Crippen molar-refractivity contribution in [3.8, 4) is 0 Å². The third-order valence-electron chi connectivity index (χ3n) is 3.95. The van der Waals surface area contributed by atoms with Crippen LogP contribution in [0.5, 0.6) is 0 Å². The molecular formula is C18H19N3O5S2. The van der Waals surface area contributed by atoms with Crippen molar-refractivity contribution >= 4 is 39.3 Å². The molecule has 2 heterocycles. The van der Waals surface area contributed by atoms with Crippen molar-refractivity contribution in [1.29, 1.82) is 0 Å². The van der Waals surface area contributed by atoms with Crippen LogP contribution in [0.25, 0.3) is 6.08 Å². The van der Waals surface area contributed by atoms with Crippen molar-refractivity contribution in [3.05, 3.63) is 58.3 Å². The fourth-order valence-corrected chi connectivity index (χ4v) is 4.58. The minimum Gasteiger partial charge on any atom is -0.379 e. The lowest BCUT2D eigenvalue weighted by molar-refractivity contribution is -0.117. The molecule has 0 radical (unpaired) electrons. The van der Waals surface area contributed by atoms with Gasteiger partial charge in [-0.3, -0.25) is 20.4 Å². The average Bonchev–Trinajstić information content (AvgIpc) is 3.25. The van der Waals surface area contributed by atoms with E-state index in [0.717, 1.165) is 4.88 Å². The van der Waals surface area contributed by atoms with Gasteiger partial charge in [-0.25, -0.2) is 8.42 Å². The molecule has 28 heavy (non-hydrogen) atoms. The maximum Gasteiger partial charge on any atom is 0.269 e. The van der Waals surface area contributed by atoms with Crippen molar-refractivity contribution < 1.29 is 22.7 Å². The van der Waals surface area contributed by atoms with Gasteiger partial charge in [0.2, 0.25) is 10.0 Å². The van der Waals surface area contributed by atoms with Gasteiger partial charge in [0.05, 0.1) is 18.1 Å². The Morgan fingerprint density at radius 2 is 1.89 bits per heavy atom. The Morgan fingerprint density at radius 1 is 1.11 bits per heavy atom. The maximum atomic E-state index is 12.7. The van der Waals surface area contributed by atoms with E-state index < -0.39 is 21.8 Å². The van der Waals surface area contributed by atoms with E-state index in [-0.39, 0.29) is 23.5 Å². The van der Waals surface area contributed by atoms with Crippen molar-refractivity contribution in [2.24, 2.45) is 0 Å². The molecule has 8 nitrogen and oxygen atoms in total. The van der Waals surface area contributed by atoms with Gasteiger partial charge in [0.25, 0.3) is 11.8 Å². The number of morpholine rings is 1. The molecule has 1 aromatic carbocycles. The summed E-state index contributed by atoms with van der Waals surface area (Å²) < 4.78 is 31.9. The van der Waals surface area contributed by atoms with E-state index in [1.165, 1.54) is 46.0 Å². The lowest BCUT2D eigenvalue weighted by atomic mass is 10.2. The minimum atomic E-state index is -3.71. The predicted octanol–water partition coefficient (Wildman–Crippen LogP) is 1.24. The summed E-state index contributed by atoms with van der Waals surface area (Å²) in [4.78, 5) is 25.0. The van der Waals surface area contributed by atoms with Crippen LogP contribution in [0.15, 0.2) is 52.7 Å². The Bertz CT molecular complexity index is 965. The number of ether oxygens (including phenoxy) is 1. The molecule has 2 aromatic rings. The highest BCUT2D eigenvalue weighted by Gasteiger charge is 2.26. The highest BCUT2D eigenvalue weighted by Crippen LogP contribution is 2.18. The molecule has 3 rings (SSSR count). The Morgan fingerprint density at radius 3 is 2.61 bits per heavy atom. The fraction of sp³-hybridized carbons (Fsp3) is 0.222. The number of hydrogen-bond donors (Lipinski definition) is 2. The van der Waals surface area contributed by atoms with Gasteiger partial charge >= 0.3 is 0 Å². The Labute approximate surface area is 166 Å². The molecule has 1 aliphatic heterocycles. The van der Waals surface area contributed by atoms with Gasteiger partial charge in [0.15, 0.2) is 0 Å². The number of nitrogens with one attached hydrogen (secondary N) is 2. The normalized spacial score (nSPS) is 15.4. The van der Waals surface area contributed by atoms with Gasteiger partial charge < -0.3 is 4.74 Å². The number of amides is 2. The number of thiophene rings is 1. The summed E-state index contributed by atoms with van der Waals surface area (Å²) >= 11 is 1.48. The van der Waals surface area contributed by atoms with Crippen LogP contribution in [0, 0.1) is 0 Å². The first kappa shape index (κ1) is 20.2. The number of carbonyl (C=O) groups excluding carboxylic acids is 2. The summed E-state index contributed by atoms with van der Waals surface area (Å²) in [5.41, 5.74) is 4.66. The third kappa shape index (κ3) is 5.04. The van der Waals surface area contributed by atoms with Gasteiger partial charge in [-0.1, -0.05) is 12.1 Å². The van der Waals surface area contributed by atoms with E-state index in [4.69, 9.17) is 4.74 Å². The Kier molecular flexibility index (Phi) is 6.57. The van der Waals surface area contributed by atoms with Gasteiger partial charge in [-0.2, -0.15) is 4.31 Å². The summed E-state index contributed by atoms with van der Waals surface area (Å²) in [7, 11) is -3.71. The molecule has 10 heteroatoms. The zero-order chi connectivity index (χ0) is 20.0. The fourth-order valence-electron chi connectivity index (χ4n) is 2.51. The lowest BCUT2D eigenvalue weighted by Gasteiger charge is -2.26. The largest absolute Gasteiger partial charge is 0.379 e. The highest BCUT2D eigenvalue weighted by molar-refractivity contribution is 7.89. The van der Waals surface area contributed by atoms with Crippen LogP contribution < -0.4 is 10.9 Å². The van der Waals surface area contributed by atoms with Gasteiger partial charge in [0, 0.05) is 29.6 Å². The van der Waals surface area contributed by atoms with Crippen LogP contribution in [0.4, 0.5) is 0 Å². The smallest absolute Gasteiger partial charge is 0.269 e. The number of nitrogens with zero attached hydrogens (tertiary/aromatic N) is 1. The van der Waals surface area contributed by atoms with E-state index in [2.05, 4.69) is 10.9 Å². The topological polar surface area (TPSA) is 105 Å². The number of hydrazine groups is 1. The number of rotatable bonds is 5. The quantitative estimate of drug-likeness (QED) is 0.558. The second-order valence-corrected chi connectivity index (χ2v) is 8.75. The molecule has 148 valence electrons. The first-order chi connectivity index (χ1) is 13.5. The number of sulfonamides is 1. The zero-order valence-electron chi connectivity index (χ0n) is 14.8. The number of hydrogen-bond acceptors (Lipinski definition) is 6. The van der Waals surface area contributed by atoms with E-state index in [1.54, 1.807) is 6.08 Å². The molecule has 0 saturated carbocycles. The predicted molar refractivity (Wildman–Crippen MR) is 105 cm³/mol. The monoisotopic (exact) mass is 421 g/mol. The van der Waals surface area contributed by atoms with Gasteiger partial charge in [-0.15, -0.1) is 11.3 Å². The molecule has 0 aliphatic carbocycles. The first-order valence-corrected chi connectivity index (χ1v) is 10.8. The van der Waals surface area contributed by atoms with Gasteiger partial charge in [-0.05, 0) is 35.7 Å². The Balaban J connectivity index is 1.63. The van der Waals surface area contributed by atoms with E-state index in [0.29, 0.717) is 13.2 Å². The maximum absolute atomic E-state index is 12.7. The SMILES string of the molecule is O=C(/C=C/c1cccs1)NNC(=O)c1cccc(S(=O)(=O)N2CCOCC2)c1. The van der Waals surface area contributed by atoms with Crippen LogP contribution >= 0.6 is 11.3 Å². The van der Waals surface area contributed by atoms with Crippen molar-refractivity contribution in [2.75, 3.05) is 26.3 Å². The van der Waals surface area contributed by atoms with Crippen LogP contribution in [0.2, 0.25) is 0 Å². The molecule has 2 N–H and O–H groups in total. The van der Waals surface area contributed by atoms with E-state index >= 15 is 0 Å². The molecule has 0 spiro atoms. The Hall–Kier alpha value is -2.53. The molecule has 1 fully saturated rings. The van der Waals surface area contributed by atoms with E-state index in [1.807, 2.05) is 17.5 Å². The second-order valence-electron chi connectivity index (χ2n) is 5.84. The van der Waals surface area contributed by atoms with E-state index in [9.17, 15) is 18.0 Å². The van der Waals surface area contributed by atoms with Crippen LogP contribution in [0.3, 0.4) is 0 Å². The molecule has 2 amide bonds. The average molecular weight is 422 g/mol. The van der Waals surface area contributed by atoms with Crippen molar-refractivity contribution in [3.63, 3.8) is 0 Å². The molecule has 1 aliphatic rings. The summed E-state index contributed by atoms with van der Waals surface area (Å²) in [5, 5.41) is 1.89. The molecule has 1 aromatic heterocycles. The summed E-state index contributed by atoms with van der Waals surface area (Å²) in [6.45, 7) is 1.21. The number of benzene rings is 1. The van der Waals surface area contributed by atoms with Gasteiger partial charge in [0.1, 0.15) is 0 Å². The number of carbonyl (C=O) groups is 2. The van der Waals surface area contributed by atoms with Crippen LogP contribution in [0.1, 0.15) is 15.2 Å². The first-order valence-electron chi connectivity index (χ1n) is 8.47. The second kappa shape index (κ2) is 9.11. The minimum absolute atomic E-state index is 0.0194. The zero-order valence-corrected chi connectivity index (χ0v) is 16.5. The van der Waals surface area contributed by atoms with Crippen molar-refractivity contribution in [2.45, 2.75) is 4.90 Å². The summed E-state index contributed by atoms with van der Waals surface area (Å²) in [6.07, 6.45) is 2.92. The van der Waals surface area contributed by atoms with Crippen LogP contribution in [-0.2, 0) is 19.6 Å². The standard InChI is InChI=1S/C18H19N3O5S2/c22-17(7-6-15-4-2-12-27-15)19-20-18(23)14-3-1-5-16(13-14)28(24,25)21-8-10-26-11-9-21/h1-7,12-13H,8-11H2,(H,19,22)(H,20,23)/b7-6+. The molecule has 0 atom stereocenters. The molecule has 1 saturated heterocycles. The third-order valence-corrected chi connectivity index (χ3v) is 6.68. The lowest BCUT2D eigenvalue weighted by Crippen LogP contribution is -2.41. The molecular weight excluding hydrogens is 402 g/mol. The molecule has 0 bridgehead atoms.